The lowest BCUT2D eigenvalue weighted by atomic mass is 9.97. The van der Waals surface area contributed by atoms with Crippen LogP contribution < -0.4 is 0 Å². The number of carbonyl (C=O) groups excluding carboxylic acids is 1. The highest BCUT2D eigenvalue weighted by Crippen LogP contribution is 2.26. The molecule has 0 bridgehead atoms. The zero-order valence-electron chi connectivity index (χ0n) is 10.2. The third kappa shape index (κ3) is 2.48. The molecule has 1 heterocycles. The Labute approximate surface area is 91.5 Å². The van der Waals surface area contributed by atoms with Gasteiger partial charge in [-0.1, -0.05) is 13.8 Å². The fourth-order valence-electron chi connectivity index (χ4n) is 1.98. The average Bonchev–Trinajstić information content (AvgIpc) is 2.42. The molecule has 0 saturated carbocycles. The van der Waals surface area contributed by atoms with Crippen molar-refractivity contribution in [1.29, 1.82) is 0 Å². The topological polar surface area (TPSA) is 36.1 Å². The molecule has 0 spiro atoms. The van der Waals surface area contributed by atoms with Gasteiger partial charge >= 0.3 is 0 Å². The van der Waals surface area contributed by atoms with E-state index in [2.05, 4.69) is 23.7 Å². The third-order valence-corrected chi connectivity index (χ3v) is 2.56. The maximum Gasteiger partial charge on any atom is 0.166 e. The summed E-state index contributed by atoms with van der Waals surface area (Å²) in [5.74, 6) is 0.380. The first-order valence-electron chi connectivity index (χ1n) is 5.28. The molecule has 1 N–H and O–H groups in total. The molecule has 0 atom stereocenters. The van der Waals surface area contributed by atoms with Crippen molar-refractivity contribution in [2.75, 3.05) is 14.1 Å². The van der Waals surface area contributed by atoms with Gasteiger partial charge in [-0.25, -0.2) is 0 Å². The highest BCUT2D eigenvalue weighted by Gasteiger charge is 2.17. The van der Waals surface area contributed by atoms with Crippen LogP contribution in [0.1, 0.15) is 47.1 Å². The molecule has 15 heavy (non-hydrogen) atoms. The Morgan fingerprint density at radius 3 is 2.40 bits per heavy atom. The van der Waals surface area contributed by atoms with Crippen LogP contribution in [0.25, 0.3) is 0 Å². The van der Waals surface area contributed by atoms with E-state index in [9.17, 15) is 4.79 Å². The minimum absolute atomic E-state index is 0.380. The van der Waals surface area contributed by atoms with Gasteiger partial charge in [0.2, 0.25) is 0 Å². The third-order valence-electron chi connectivity index (χ3n) is 2.56. The Bertz CT molecular complexity index is 351. The molecule has 84 valence electrons. The molecule has 0 radical (unpaired) electrons. The second-order valence-electron chi connectivity index (χ2n) is 4.57. The normalized spacial score (nSPS) is 11.4. The summed E-state index contributed by atoms with van der Waals surface area (Å²) in [7, 11) is 4.08. The van der Waals surface area contributed by atoms with Crippen LogP contribution in [0.2, 0.25) is 0 Å². The molecule has 3 nitrogen and oxygen atoms in total. The number of hydrogen-bond donors (Lipinski definition) is 1. The SMILES string of the molecule is Cc1[nH]c(C=O)c(C(C)C)c1CN(C)C. The first kappa shape index (κ1) is 12.0. The Balaban J connectivity index is 3.22. The standard InChI is InChI=1S/C12H20N2O/c1-8(2)12-10(6-14(4)5)9(3)13-11(12)7-15/h7-8,13H,6H2,1-5H3. The number of aromatic amines is 1. The lowest BCUT2D eigenvalue weighted by molar-refractivity contribution is 0.111. The van der Waals surface area contributed by atoms with Gasteiger partial charge in [0.25, 0.3) is 0 Å². The van der Waals surface area contributed by atoms with Crippen molar-refractivity contribution in [3.63, 3.8) is 0 Å². The lowest BCUT2D eigenvalue weighted by Crippen LogP contribution is -2.13. The van der Waals surface area contributed by atoms with Gasteiger partial charge in [0, 0.05) is 12.2 Å². The largest absolute Gasteiger partial charge is 0.356 e. The van der Waals surface area contributed by atoms with Gasteiger partial charge < -0.3 is 9.88 Å². The number of H-pyrrole nitrogens is 1. The van der Waals surface area contributed by atoms with Crippen molar-refractivity contribution in [3.8, 4) is 0 Å². The van der Waals surface area contributed by atoms with Gasteiger partial charge in [-0.15, -0.1) is 0 Å². The second kappa shape index (κ2) is 4.62. The Morgan fingerprint density at radius 1 is 1.40 bits per heavy atom. The van der Waals surface area contributed by atoms with Crippen LogP contribution in [0, 0.1) is 6.92 Å². The van der Waals surface area contributed by atoms with E-state index in [1.165, 1.54) is 5.56 Å². The summed E-state index contributed by atoms with van der Waals surface area (Å²) in [6, 6.07) is 0. The molecule has 0 amide bonds. The fraction of sp³-hybridized carbons (Fsp3) is 0.583. The molecule has 1 aromatic rings. The van der Waals surface area contributed by atoms with E-state index < -0.39 is 0 Å². The minimum Gasteiger partial charge on any atom is -0.356 e. The van der Waals surface area contributed by atoms with Crippen LogP contribution >= 0.6 is 0 Å². The predicted octanol–water partition coefficient (Wildman–Crippen LogP) is 2.32. The monoisotopic (exact) mass is 208 g/mol. The zero-order chi connectivity index (χ0) is 11.6. The fourth-order valence-corrected chi connectivity index (χ4v) is 1.98. The molecular weight excluding hydrogens is 188 g/mol. The average molecular weight is 208 g/mol. The number of hydrogen-bond acceptors (Lipinski definition) is 2. The van der Waals surface area contributed by atoms with Gasteiger partial charge in [0.15, 0.2) is 6.29 Å². The molecule has 0 aliphatic rings. The first-order valence-corrected chi connectivity index (χ1v) is 5.28. The smallest absolute Gasteiger partial charge is 0.166 e. The second-order valence-corrected chi connectivity index (χ2v) is 4.57. The van der Waals surface area contributed by atoms with Gasteiger partial charge in [-0.2, -0.15) is 0 Å². The van der Waals surface area contributed by atoms with E-state index in [-0.39, 0.29) is 0 Å². The molecule has 1 aromatic heterocycles. The molecule has 0 unspecified atom stereocenters. The minimum atomic E-state index is 0.380. The van der Waals surface area contributed by atoms with Crippen LogP contribution in [0.4, 0.5) is 0 Å². The zero-order valence-corrected chi connectivity index (χ0v) is 10.2. The number of nitrogens with one attached hydrogen (secondary N) is 1. The van der Waals surface area contributed by atoms with Crippen LogP contribution in [-0.4, -0.2) is 30.3 Å². The van der Waals surface area contributed by atoms with Crippen molar-refractivity contribution in [2.45, 2.75) is 33.2 Å². The first-order chi connectivity index (χ1) is 6.97. The number of aldehydes is 1. The van der Waals surface area contributed by atoms with Gasteiger partial charge in [-0.05, 0) is 38.1 Å². The van der Waals surface area contributed by atoms with Crippen molar-refractivity contribution in [2.24, 2.45) is 0 Å². The van der Waals surface area contributed by atoms with Gasteiger partial charge in [-0.3, -0.25) is 4.79 Å². The maximum atomic E-state index is 10.9. The molecule has 3 heteroatoms. The van der Waals surface area contributed by atoms with E-state index in [1.807, 2.05) is 21.0 Å². The quantitative estimate of drug-likeness (QED) is 0.771. The van der Waals surface area contributed by atoms with E-state index in [0.29, 0.717) is 5.92 Å². The van der Waals surface area contributed by atoms with E-state index in [4.69, 9.17) is 0 Å². The van der Waals surface area contributed by atoms with Crippen molar-refractivity contribution >= 4 is 6.29 Å². The lowest BCUT2D eigenvalue weighted by Gasteiger charge is -2.14. The highest BCUT2D eigenvalue weighted by atomic mass is 16.1. The Hall–Kier alpha value is -1.09. The van der Waals surface area contributed by atoms with Gasteiger partial charge in [0.05, 0.1) is 5.69 Å². The molecule has 0 fully saturated rings. The number of rotatable bonds is 4. The number of aromatic nitrogens is 1. The van der Waals surface area contributed by atoms with Crippen molar-refractivity contribution in [3.05, 3.63) is 22.5 Å². The summed E-state index contributed by atoms with van der Waals surface area (Å²) in [6.07, 6.45) is 0.918. The van der Waals surface area contributed by atoms with Crippen LogP contribution in [-0.2, 0) is 6.54 Å². The molecular formula is C12H20N2O. The van der Waals surface area contributed by atoms with Gasteiger partial charge in [0.1, 0.15) is 0 Å². The molecule has 0 aromatic carbocycles. The van der Waals surface area contributed by atoms with E-state index >= 15 is 0 Å². The Morgan fingerprint density at radius 2 is 2.00 bits per heavy atom. The summed E-state index contributed by atoms with van der Waals surface area (Å²) in [5, 5.41) is 0. The summed E-state index contributed by atoms with van der Waals surface area (Å²) in [5.41, 5.74) is 4.27. The summed E-state index contributed by atoms with van der Waals surface area (Å²) in [6.45, 7) is 7.14. The number of nitrogens with zero attached hydrogens (tertiary/aromatic N) is 1. The number of carbonyl (C=O) groups is 1. The van der Waals surface area contributed by atoms with Crippen molar-refractivity contribution in [1.82, 2.24) is 9.88 Å². The summed E-state index contributed by atoms with van der Waals surface area (Å²) < 4.78 is 0. The van der Waals surface area contributed by atoms with Crippen LogP contribution in [0.3, 0.4) is 0 Å². The Kier molecular flexibility index (Phi) is 3.69. The molecule has 0 saturated heterocycles. The van der Waals surface area contributed by atoms with Crippen LogP contribution in [0.5, 0.6) is 0 Å². The maximum absolute atomic E-state index is 10.9. The van der Waals surface area contributed by atoms with E-state index in [0.717, 1.165) is 29.8 Å². The molecule has 0 aliphatic carbocycles. The summed E-state index contributed by atoms with van der Waals surface area (Å²) >= 11 is 0. The molecule has 1 rings (SSSR count). The highest BCUT2D eigenvalue weighted by molar-refractivity contribution is 5.76. The van der Waals surface area contributed by atoms with E-state index in [1.54, 1.807) is 0 Å². The summed E-state index contributed by atoms with van der Waals surface area (Å²) in [4.78, 5) is 16.2. The molecule has 0 aliphatic heterocycles. The predicted molar refractivity (Wildman–Crippen MR) is 62.4 cm³/mol. The number of aryl methyl sites for hydroxylation is 1. The van der Waals surface area contributed by atoms with Crippen LogP contribution in [0.15, 0.2) is 0 Å². The van der Waals surface area contributed by atoms with Crippen molar-refractivity contribution < 1.29 is 4.79 Å².